The minimum absolute atomic E-state index is 0.0644. The Kier molecular flexibility index (Phi) is 3.68. The Morgan fingerprint density at radius 1 is 1.53 bits per heavy atom. The number of nitrogens with zero attached hydrogens (tertiary/aromatic N) is 1. The number of nitrogen functional groups attached to an aromatic ring is 1. The van der Waals surface area contributed by atoms with E-state index in [0.717, 1.165) is 0 Å². The number of hydrogen-bond donors (Lipinski definition) is 1. The summed E-state index contributed by atoms with van der Waals surface area (Å²) in [5, 5.41) is 10.5. The zero-order valence-corrected chi connectivity index (χ0v) is 8.34. The third-order valence-electron chi connectivity index (χ3n) is 1.71. The van der Waals surface area contributed by atoms with E-state index in [-0.39, 0.29) is 5.69 Å². The fraction of sp³-hybridized carbons (Fsp3) is 0.200. The van der Waals surface area contributed by atoms with Crippen molar-refractivity contribution >= 4 is 11.4 Å². The average molecular weight is 208 g/mol. The van der Waals surface area contributed by atoms with Crippen molar-refractivity contribution in [3.63, 3.8) is 0 Å². The van der Waals surface area contributed by atoms with E-state index in [1.165, 1.54) is 12.1 Å². The van der Waals surface area contributed by atoms with Gasteiger partial charge in [0.15, 0.2) is 0 Å². The largest absolute Gasteiger partial charge is 0.489 e. The van der Waals surface area contributed by atoms with Crippen LogP contribution in [0.3, 0.4) is 0 Å². The molecule has 0 radical (unpaired) electrons. The summed E-state index contributed by atoms with van der Waals surface area (Å²) in [7, 11) is 0. The summed E-state index contributed by atoms with van der Waals surface area (Å²) in [6.45, 7) is 2.24. The summed E-state index contributed by atoms with van der Waals surface area (Å²) in [5.74, 6) is 0.403. The van der Waals surface area contributed by atoms with Gasteiger partial charge in [0.2, 0.25) is 0 Å². The second-order valence-electron chi connectivity index (χ2n) is 2.90. The minimum Gasteiger partial charge on any atom is -0.489 e. The molecular formula is C10H12N2O3. The fourth-order valence-electron chi connectivity index (χ4n) is 1.04. The van der Waals surface area contributed by atoms with Crippen molar-refractivity contribution in [3.8, 4) is 5.75 Å². The van der Waals surface area contributed by atoms with Crippen molar-refractivity contribution in [1.29, 1.82) is 0 Å². The maximum atomic E-state index is 10.5. The second-order valence-corrected chi connectivity index (χ2v) is 2.90. The number of benzene rings is 1. The van der Waals surface area contributed by atoms with Crippen LogP contribution in [0.25, 0.3) is 0 Å². The van der Waals surface area contributed by atoms with Gasteiger partial charge in [0.05, 0.1) is 11.0 Å². The molecule has 1 aromatic rings. The molecule has 0 amide bonds. The Hall–Kier alpha value is -2.04. The molecule has 0 unspecified atom stereocenters. The van der Waals surface area contributed by atoms with Gasteiger partial charge in [-0.1, -0.05) is 12.2 Å². The predicted octanol–water partition coefficient (Wildman–Crippen LogP) is 2.13. The van der Waals surface area contributed by atoms with Crippen molar-refractivity contribution in [1.82, 2.24) is 0 Å². The molecule has 1 rings (SSSR count). The summed E-state index contributed by atoms with van der Waals surface area (Å²) < 4.78 is 5.25. The number of anilines is 1. The number of nitrogens with two attached hydrogens (primary N) is 1. The van der Waals surface area contributed by atoms with Gasteiger partial charge in [-0.15, -0.1) is 0 Å². The van der Waals surface area contributed by atoms with Crippen molar-refractivity contribution in [2.24, 2.45) is 0 Å². The number of non-ortho nitro benzene ring substituents is 1. The van der Waals surface area contributed by atoms with Crippen LogP contribution in [-0.4, -0.2) is 11.5 Å². The molecule has 0 aliphatic carbocycles. The predicted molar refractivity (Wildman–Crippen MR) is 57.8 cm³/mol. The molecule has 0 fully saturated rings. The molecule has 0 aliphatic heterocycles. The van der Waals surface area contributed by atoms with Crippen LogP contribution in [0.15, 0.2) is 30.4 Å². The highest BCUT2D eigenvalue weighted by Gasteiger charge is 2.08. The van der Waals surface area contributed by atoms with E-state index in [1.54, 1.807) is 12.1 Å². The third kappa shape index (κ3) is 3.30. The Morgan fingerprint density at radius 2 is 2.27 bits per heavy atom. The molecule has 2 N–H and O–H groups in total. The monoisotopic (exact) mass is 208 g/mol. The van der Waals surface area contributed by atoms with Gasteiger partial charge in [0, 0.05) is 17.8 Å². The molecule has 5 heteroatoms. The third-order valence-corrected chi connectivity index (χ3v) is 1.71. The molecule has 0 aromatic heterocycles. The Bertz CT molecular complexity index is 388. The van der Waals surface area contributed by atoms with Gasteiger partial charge in [0.25, 0.3) is 5.69 Å². The van der Waals surface area contributed by atoms with Crippen LogP contribution < -0.4 is 10.5 Å². The maximum Gasteiger partial charge on any atom is 0.275 e. The summed E-state index contributed by atoms with van der Waals surface area (Å²) >= 11 is 0. The van der Waals surface area contributed by atoms with Crippen molar-refractivity contribution < 1.29 is 9.66 Å². The van der Waals surface area contributed by atoms with E-state index >= 15 is 0 Å². The van der Waals surface area contributed by atoms with E-state index in [9.17, 15) is 10.1 Å². The first-order valence-corrected chi connectivity index (χ1v) is 4.42. The lowest BCUT2D eigenvalue weighted by Gasteiger charge is -2.03. The Labute approximate surface area is 87.3 Å². The molecule has 0 bridgehead atoms. The number of nitro benzene ring substituents is 1. The Morgan fingerprint density at radius 3 is 2.87 bits per heavy atom. The lowest BCUT2D eigenvalue weighted by molar-refractivity contribution is -0.384. The number of nitro groups is 1. The lowest BCUT2D eigenvalue weighted by atomic mass is 10.2. The van der Waals surface area contributed by atoms with Gasteiger partial charge in [0.1, 0.15) is 12.4 Å². The number of allylic oxidation sites excluding steroid dienone is 1. The summed E-state index contributed by atoms with van der Waals surface area (Å²) in [4.78, 5) is 10.0. The standard InChI is InChI=1S/C10H12N2O3/c1-2-3-4-15-10-6-8(11)5-9(7-10)12(13)14/h2-3,5-7H,4,11H2,1H3/b3-2+. The molecule has 0 saturated carbocycles. The van der Waals surface area contributed by atoms with Crippen LogP contribution >= 0.6 is 0 Å². The minimum atomic E-state index is -0.501. The molecule has 0 aliphatic rings. The maximum absolute atomic E-state index is 10.5. The van der Waals surface area contributed by atoms with Crippen LogP contribution in [0.1, 0.15) is 6.92 Å². The topological polar surface area (TPSA) is 78.4 Å². The first kappa shape index (κ1) is 11.0. The van der Waals surface area contributed by atoms with Gasteiger partial charge < -0.3 is 10.5 Å². The molecule has 5 nitrogen and oxygen atoms in total. The van der Waals surface area contributed by atoms with Gasteiger partial charge in [-0.2, -0.15) is 0 Å². The van der Waals surface area contributed by atoms with Crippen LogP contribution in [-0.2, 0) is 0 Å². The molecule has 0 heterocycles. The van der Waals surface area contributed by atoms with Gasteiger partial charge in [-0.05, 0) is 6.92 Å². The highest BCUT2D eigenvalue weighted by Crippen LogP contribution is 2.23. The van der Waals surface area contributed by atoms with E-state index < -0.39 is 4.92 Å². The first-order chi connectivity index (χ1) is 7.13. The summed E-state index contributed by atoms with van der Waals surface area (Å²) in [6, 6.07) is 4.19. The lowest BCUT2D eigenvalue weighted by Crippen LogP contribution is -1.97. The van der Waals surface area contributed by atoms with Gasteiger partial charge in [-0.25, -0.2) is 0 Å². The highest BCUT2D eigenvalue weighted by molar-refractivity contribution is 5.53. The molecule has 1 aromatic carbocycles. The average Bonchev–Trinajstić information content (AvgIpc) is 2.17. The molecule has 0 saturated heterocycles. The first-order valence-electron chi connectivity index (χ1n) is 4.42. The SMILES string of the molecule is C/C=C/COc1cc(N)cc([N+](=O)[O-])c1. The summed E-state index contributed by atoms with van der Waals surface area (Å²) in [6.07, 6.45) is 3.63. The van der Waals surface area contributed by atoms with Crippen LogP contribution in [0.5, 0.6) is 5.75 Å². The molecule has 80 valence electrons. The normalized spacial score (nSPS) is 10.5. The van der Waals surface area contributed by atoms with Crippen LogP contribution in [0, 0.1) is 10.1 Å². The van der Waals surface area contributed by atoms with Crippen LogP contribution in [0.4, 0.5) is 11.4 Å². The smallest absolute Gasteiger partial charge is 0.275 e. The Balaban J connectivity index is 2.84. The molecule has 0 spiro atoms. The van der Waals surface area contributed by atoms with E-state index in [1.807, 2.05) is 13.0 Å². The number of rotatable bonds is 4. The van der Waals surface area contributed by atoms with Crippen molar-refractivity contribution in [2.45, 2.75) is 6.92 Å². The number of hydrogen-bond acceptors (Lipinski definition) is 4. The number of ether oxygens (including phenoxy) is 1. The van der Waals surface area contributed by atoms with Gasteiger partial charge in [-0.3, -0.25) is 10.1 Å². The van der Waals surface area contributed by atoms with E-state index in [0.29, 0.717) is 18.0 Å². The molecule has 15 heavy (non-hydrogen) atoms. The fourth-order valence-corrected chi connectivity index (χ4v) is 1.04. The van der Waals surface area contributed by atoms with E-state index in [2.05, 4.69) is 0 Å². The summed E-state index contributed by atoms with van der Waals surface area (Å²) in [5.41, 5.74) is 5.75. The van der Waals surface area contributed by atoms with Crippen molar-refractivity contribution in [3.05, 3.63) is 40.5 Å². The quantitative estimate of drug-likeness (QED) is 0.356. The van der Waals surface area contributed by atoms with E-state index in [4.69, 9.17) is 10.5 Å². The molecular weight excluding hydrogens is 196 g/mol. The van der Waals surface area contributed by atoms with Crippen molar-refractivity contribution in [2.75, 3.05) is 12.3 Å². The zero-order chi connectivity index (χ0) is 11.3. The highest BCUT2D eigenvalue weighted by atomic mass is 16.6. The van der Waals surface area contributed by atoms with Crippen LogP contribution in [0.2, 0.25) is 0 Å². The second kappa shape index (κ2) is 4.99. The zero-order valence-electron chi connectivity index (χ0n) is 8.34. The van der Waals surface area contributed by atoms with Gasteiger partial charge >= 0.3 is 0 Å². The molecule has 0 atom stereocenters.